The summed E-state index contributed by atoms with van der Waals surface area (Å²) in [6.45, 7) is 4.48. The summed E-state index contributed by atoms with van der Waals surface area (Å²) >= 11 is 1.58. The number of para-hydroxylation sites is 1. The molecule has 0 saturated heterocycles. The number of allylic oxidation sites excluding steroid dienone is 1. The lowest BCUT2D eigenvalue weighted by Crippen LogP contribution is -2.19. The number of nitrogens with zero attached hydrogens (tertiary/aromatic N) is 2. The Balaban J connectivity index is 2.07. The Hall–Kier alpha value is -1.68. The first-order chi connectivity index (χ1) is 9.79. The third-order valence-corrected chi connectivity index (χ3v) is 4.87. The van der Waals surface area contributed by atoms with Crippen LogP contribution in [0.1, 0.15) is 25.7 Å². The van der Waals surface area contributed by atoms with Gasteiger partial charge in [-0.2, -0.15) is 4.99 Å². The molecular formula is C16H18N2OS. The van der Waals surface area contributed by atoms with Crippen LogP contribution in [0, 0.1) is 5.92 Å². The van der Waals surface area contributed by atoms with Gasteiger partial charge in [-0.25, -0.2) is 0 Å². The van der Waals surface area contributed by atoms with Crippen LogP contribution in [0.25, 0.3) is 10.2 Å². The molecular weight excluding hydrogens is 268 g/mol. The van der Waals surface area contributed by atoms with Gasteiger partial charge in [0.05, 0.1) is 10.2 Å². The molecule has 1 aromatic heterocycles. The first kappa shape index (κ1) is 13.3. The van der Waals surface area contributed by atoms with Gasteiger partial charge in [0.25, 0.3) is 5.91 Å². The molecule has 1 saturated carbocycles. The number of fused-ring (bicyclic) bond motifs is 1. The number of thiazole rings is 1. The van der Waals surface area contributed by atoms with E-state index in [4.69, 9.17) is 0 Å². The second-order valence-electron chi connectivity index (χ2n) is 5.18. The summed E-state index contributed by atoms with van der Waals surface area (Å²) in [4.78, 5) is 17.4. The van der Waals surface area contributed by atoms with Gasteiger partial charge in [0.1, 0.15) is 0 Å². The highest BCUT2D eigenvalue weighted by Gasteiger charge is 2.22. The lowest BCUT2D eigenvalue weighted by Gasteiger charge is -2.03. The van der Waals surface area contributed by atoms with E-state index in [0.717, 1.165) is 40.7 Å². The number of carbonyl (C=O) groups is 1. The highest BCUT2D eigenvalue weighted by Crippen LogP contribution is 2.25. The van der Waals surface area contributed by atoms with E-state index in [1.54, 1.807) is 11.3 Å². The molecule has 0 spiro atoms. The van der Waals surface area contributed by atoms with Crippen LogP contribution >= 0.6 is 11.3 Å². The summed E-state index contributed by atoms with van der Waals surface area (Å²) in [6, 6.07) is 8.16. The van der Waals surface area contributed by atoms with Crippen LogP contribution in [0.5, 0.6) is 0 Å². The summed E-state index contributed by atoms with van der Waals surface area (Å²) in [5.74, 6) is 0.185. The van der Waals surface area contributed by atoms with Gasteiger partial charge in [0, 0.05) is 12.5 Å². The lowest BCUT2D eigenvalue weighted by molar-refractivity contribution is -0.121. The second-order valence-corrected chi connectivity index (χ2v) is 6.19. The normalized spacial score (nSPS) is 16.9. The molecule has 1 fully saturated rings. The summed E-state index contributed by atoms with van der Waals surface area (Å²) in [7, 11) is 0. The van der Waals surface area contributed by atoms with Crippen molar-refractivity contribution in [1.82, 2.24) is 4.57 Å². The first-order valence-electron chi connectivity index (χ1n) is 7.07. The summed E-state index contributed by atoms with van der Waals surface area (Å²) in [5, 5.41) is 0. The number of amides is 1. The van der Waals surface area contributed by atoms with Gasteiger partial charge < -0.3 is 4.57 Å². The molecule has 1 aliphatic carbocycles. The third-order valence-electron chi connectivity index (χ3n) is 3.81. The quantitative estimate of drug-likeness (QED) is 0.795. The van der Waals surface area contributed by atoms with Crippen LogP contribution in [0.4, 0.5) is 0 Å². The molecule has 3 nitrogen and oxygen atoms in total. The number of rotatable bonds is 3. The van der Waals surface area contributed by atoms with E-state index in [-0.39, 0.29) is 11.8 Å². The number of hydrogen-bond acceptors (Lipinski definition) is 2. The van der Waals surface area contributed by atoms with Gasteiger partial charge >= 0.3 is 0 Å². The Bertz CT molecular complexity index is 705. The molecule has 1 aromatic carbocycles. The SMILES string of the molecule is C=CCn1c(=NC(=O)C2CCCC2)sc2ccccc21. The molecule has 2 aromatic rings. The molecule has 1 heterocycles. The monoisotopic (exact) mass is 286 g/mol. The maximum Gasteiger partial charge on any atom is 0.251 e. The van der Waals surface area contributed by atoms with E-state index in [0.29, 0.717) is 6.54 Å². The second kappa shape index (κ2) is 5.75. The molecule has 0 atom stereocenters. The molecule has 0 aliphatic heterocycles. The van der Waals surface area contributed by atoms with Crippen molar-refractivity contribution in [3.8, 4) is 0 Å². The van der Waals surface area contributed by atoms with E-state index in [1.165, 1.54) is 0 Å². The molecule has 1 aliphatic rings. The van der Waals surface area contributed by atoms with Crippen LogP contribution in [-0.4, -0.2) is 10.5 Å². The number of benzene rings is 1. The van der Waals surface area contributed by atoms with Crippen molar-refractivity contribution in [2.45, 2.75) is 32.2 Å². The Kier molecular flexibility index (Phi) is 3.83. The fourth-order valence-electron chi connectivity index (χ4n) is 2.77. The Morgan fingerprint density at radius 1 is 1.40 bits per heavy atom. The predicted molar refractivity (Wildman–Crippen MR) is 82.5 cm³/mol. The molecule has 4 heteroatoms. The highest BCUT2D eigenvalue weighted by molar-refractivity contribution is 7.16. The van der Waals surface area contributed by atoms with Gasteiger partial charge in [-0.05, 0) is 25.0 Å². The molecule has 3 rings (SSSR count). The predicted octanol–water partition coefficient (Wildman–Crippen LogP) is 3.51. The minimum Gasteiger partial charge on any atom is -0.313 e. The van der Waals surface area contributed by atoms with Crippen molar-refractivity contribution < 1.29 is 4.79 Å². The van der Waals surface area contributed by atoms with Crippen molar-refractivity contribution in [3.05, 3.63) is 41.7 Å². The topological polar surface area (TPSA) is 34.4 Å². The molecule has 0 unspecified atom stereocenters. The van der Waals surface area contributed by atoms with Crippen LogP contribution in [0.2, 0.25) is 0 Å². The molecule has 1 amide bonds. The highest BCUT2D eigenvalue weighted by atomic mass is 32.1. The van der Waals surface area contributed by atoms with E-state index in [2.05, 4.69) is 28.3 Å². The third kappa shape index (κ3) is 2.48. The average molecular weight is 286 g/mol. The number of hydrogen-bond donors (Lipinski definition) is 0. The number of carbonyl (C=O) groups excluding carboxylic acids is 1. The fraction of sp³-hybridized carbons (Fsp3) is 0.375. The maximum atomic E-state index is 12.2. The molecule has 0 bridgehead atoms. The Morgan fingerprint density at radius 3 is 2.90 bits per heavy atom. The van der Waals surface area contributed by atoms with Gasteiger partial charge in [0.2, 0.25) is 0 Å². The lowest BCUT2D eigenvalue weighted by atomic mass is 10.1. The van der Waals surface area contributed by atoms with Crippen molar-refractivity contribution >= 4 is 27.5 Å². The van der Waals surface area contributed by atoms with E-state index in [9.17, 15) is 4.79 Å². The first-order valence-corrected chi connectivity index (χ1v) is 7.89. The van der Waals surface area contributed by atoms with E-state index >= 15 is 0 Å². The maximum absolute atomic E-state index is 12.2. The van der Waals surface area contributed by atoms with Crippen LogP contribution in [0.15, 0.2) is 41.9 Å². The number of aromatic nitrogens is 1. The van der Waals surface area contributed by atoms with Crippen LogP contribution in [-0.2, 0) is 11.3 Å². The van der Waals surface area contributed by atoms with Gasteiger partial charge in [-0.3, -0.25) is 4.79 Å². The largest absolute Gasteiger partial charge is 0.313 e. The smallest absolute Gasteiger partial charge is 0.251 e. The zero-order chi connectivity index (χ0) is 13.9. The van der Waals surface area contributed by atoms with Crippen molar-refractivity contribution in [2.75, 3.05) is 0 Å². The van der Waals surface area contributed by atoms with Crippen LogP contribution < -0.4 is 4.80 Å². The summed E-state index contributed by atoms with van der Waals surface area (Å²) < 4.78 is 3.23. The minimum absolute atomic E-state index is 0.0480. The Morgan fingerprint density at radius 2 is 2.15 bits per heavy atom. The molecule has 0 N–H and O–H groups in total. The Labute approximate surface area is 122 Å². The summed E-state index contributed by atoms with van der Waals surface area (Å²) in [6.07, 6.45) is 6.15. The zero-order valence-corrected chi connectivity index (χ0v) is 12.2. The zero-order valence-electron chi connectivity index (χ0n) is 11.4. The molecule has 20 heavy (non-hydrogen) atoms. The molecule has 0 radical (unpaired) electrons. The molecule has 104 valence electrons. The van der Waals surface area contributed by atoms with Crippen molar-refractivity contribution in [1.29, 1.82) is 0 Å². The standard InChI is InChI=1S/C16H18N2OS/c1-2-11-18-13-9-5-6-10-14(13)20-16(18)17-15(19)12-7-3-4-8-12/h2,5-6,9-10,12H,1,3-4,7-8,11H2. The van der Waals surface area contributed by atoms with Gasteiger partial charge in [-0.1, -0.05) is 42.4 Å². The van der Waals surface area contributed by atoms with Gasteiger partial charge in [-0.15, -0.1) is 6.58 Å². The van der Waals surface area contributed by atoms with E-state index < -0.39 is 0 Å². The van der Waals surface area contributed by atoms with E-state index in [1.807, 2.05) is 18.2 Å². The fourth-order valence-corrected chi connectivity index (χ4v) is 3.81. The van der Waals surface area contributed by atoms with Crippen LogP contribution in [0.3, 0.4) is 0 Å². The minimum atomic E-state index is 0.0480. The van der Waals surface area contributed by atoms with Crippen molar-refractivity contribution in [2.24, 2.45) is 10.9 Å². The van der Waals surface area contributed by atoms with Gasteiger partial charge in [0.15, 0.2) is 4.80 Å². The average Bonchev–Trinajstić information content (AvgIpc) is 3.08. The van der Waals surface area contributed by atoms with Crippen molar-refractivity contribution in [3.63, 3.8) is 0 Å². The summed E-state index contributed by atoms with van der Waals surface area (Å²) in [5.41, 5.74) is 1.12.